The van der Waals surface area contributed by atoms with E-state index in [1.807, 2.05) is 32.0 Å². The first-order valence-corrected chi connectivity index (χ1v) is 9.77. The number of hydrogen-bond donors (Lipinski definition) is 2. The number of benzene rings is 1. The zero-order valence-electron chi connectivity index (χ0n) is 16.9. The van der Waals surface area contributed by atoms with Crippen LogP contribution in [0.25, 0.3) is 10.6 Å². The molecule has 148 valence electrons. The first-order chi connectivity index (χ1) is 12.7. The second-order valence-corrected chi connectivity index (χ2v) is 8.32. The number of thiazole rings is 1. The molecule has 1 heterocycles. The van der Waals surface area contributed by atoms with Crippen LogP contribution in [0, 0.1) is 12.8 Å². The van der Waals surface area contributed by atoms with Crippen LogP contribution in [0.2, 0.25) is 0 Å². The van der Waals surface area contributed by atoms with Crippen molar-refractivity contribution in [2.24, 2.45) is 11.7 Å². The maximum absolute atomic E-state index is 12.8. The fraction of sp³-hybridized carbons (Fsp3) is 0.500. The van der Waals surface area contributed by atoms with Crippen LogP contribution < -0.4 is 20.5 Å². The third kappa shape index (κ3) is 4.99. The number of methoxy groups -OCH3 is 2. The van der Waals surface area contributed by atoms with Gasteiger partial charge in [0.05, 0.1) is 25.5 Å². The van der Waals surface area contributed by atoms with Gasteiger partial charge < -0.3 is 20.5 Å². The van der Waals surface area contributed by atoms with Crippen LogP contribution in [0.3, 0.4) is 0 Å². The van der Waals surface area contributed by atoms with Gasteiger partial charge in [-0.15, -0.1) is 11.3 Å². The summed E-state index contributed by atoms with van der Waals surface area (Å²) in [5.74, 6) is 1.58. The topological polar surface area (TPSA) is 86.5 Å². The van der Waals surface area contributed by atoms with Crippen molar-refractivity contribution in [3.8, 4) is 22.1 Å². The number of carbonyl (C=O) groups excluding carboxylic acids is 1. The van der Waals surface area contributed by atoms with Gasteiger partial charge in [-0.1, -0.05) is 13.8 Å². The first-order valence-electron chi connectivity index (χ1n) is 8.95. The molecule has 1 unspecified atom stereocenters. The molecule has 0 aliphatic carbocycles. The summed E-state index contributed by atoms with van der Waals surface area (Å²) < 4.78 is 10.6. The SMILES string of the molecule is COc1ccc(-c2nc(C)c(C(=O)NC(C)(CN)CC(C)C)s2)cc1OC. The first kappa shape index (κ1) is 21.2. The monoisotopic (exact) mass is 391 g/mol. The Balaban J connectivity index is 2.29. The highest BCUT2D eigenvalue weighted by Crippen LogP contribution is 2.35. The minimum absolute atomic E-state index is 0.134. The Morgan fingerprint density at radius 2 is 1.96 bits per heavy atom. The molecule has 0 spiro atoms. The number of rotatable bonds is 8. The maximum Gasteiger partial charge on any atom is 0.263 e. The molecule has 3 N–H and O–H groups in total. The number of hydrogen-bond acceptors (Lipinski definition) is 6. The minimum atomic E-state index is -0.439. The standard InChI is InChI=1S/C20H29N3O3S/c1-12(2)10-20(4,11-21)23-18(24)17-13(3)22-19(27-17)14-7-8-15(25-5)16(9-14)26-6/h7-9,12H,10-11,21H2,1-6H3,(H,23,24). The molecule has 0 bridgehead atoms. The van der Waals surface area contributed by atoms with Crippen molar-refractivity contribution in [3.63, 3.8) is 0 Å². The van der Waals surface area contributed by atoms with E-state index in [0.717, 1.165) is 17.0 Å². The average molecular weight is 392 g/mol. The Morgan fingerprint density at radius 3 is 2.52 bits per heavy atom. The lowest BCUT2D eigenvalue weighted by atomic mass is 9.90. The van der Waals surface area contributed by atoms with Crippen molar-refractivity contribution in [1.29, 1.82) is 0 Å². The van der Waals surface area contributed by atoms with Gasteiger partial charge in [-0.2, -0.15) is 0 Å². The normalized spacial score (nSPS) is 13.3. The summed E-state index contributed by atoms with van der Waals surface area (Å²) >= 11 is 1.36. The van der Waals surface area contributed by atoms with Gasteiger partial charge in [-0.3, -0.25) is 4.79 Å². The van der Waals surface area contributed by atoms with E-state index in [-0.39, 0.29) is 5.91 Å². The van der Waals surface area contributed by atoms with Gasteiger partial charge in [-0.25, -0.2) is 4.98 Å². The van der Waals surface area contributed by atoms with Gasteiger partial charge >= 0.3 is 0 Å². The number of amides is 1. The number of aryl methyl sites for hydroxylation is 1. The number of carbonyl (C=O) groups is 1. The molecule has 6 nitrogen and oxygen atoms in total. The summed E-state index contributed by atoms with van der Waals surface area (Å²) in [7, 11) is 3.19. The van der Waals surface area contributed by atoms with Crippen LogP contribution in [0.15, 0.2) is 18.2 Å². The zero-order valence-corrected chi connectivity index (χ0v) is 17.7. The van der Waals surface area contributed by atoms with Crippen molar-refractivity contribution in [2.45, 2.75) is 39.7 Å². The summed E-state index contributed by atoms with van der Waals surface area (Å²) in [4.78, 5) is 18.0. The highest BCUT2D eigenvalue weighted by atomic mass is 32.1. The van der Waals surface area contributed by atoms with Crippen molar-refractivity contribution in [1.82, 2.24) is 10.3 Å². The van der Waals surface area contributed by atoms with E-state index in [1.54, 1.807) is 14.2 Å². The zero-order chi connectivity index (χ0) is 20.2. The summed E-state index contributed by atoms with van der Waals surface area (Å²) in [5.41, 5.74) is 7.06. The van der Waals surface area contributed by atoms with Gasteiger partial charge in [0.25, 0.3) is 5.91 Å². The van der Waals surface area contributed by atoms with Crippen LogP contribution in [0.5, 0.6) is 11.5 Å². The van der Waals surface area contributed by atoms with E-state index >= 15 is 0 Å². The largest absolute Gasteiger partial charge is 0.493 e. The fourth-order valence-corrected chi connectivity index (χ4v) is 4.07. The average Bonchev–Trinajstić information content (AvgIpc) is 3.02. The number of ether oxygens (including phenoxy) is 2. The summed E-state index contributed by atoms with van der Waals surface area (Å²) in [6.07, 6.45) is 0.815. The van der Waals surface area contributed by atoms with E-state index in [9.17, 15) is 4.79 Å². The van der Waals surface area contributed by atoms with Gasteiger partial charge in [0.15, 0.2) is 11.5 Å². The lowest BCUT2D eigenvalue weighted by Crippen LogP contribution is -2.52. The molecule has 2 rings (SSSR count). The van der Waals surface area contributed by atoms with E-state index in [1.165, 1.54) is 11.3 Å². The number of nitrogens with zero attached hydrogens (tertiary/aromatic N) is 1. The molecule has 0 fully saturated rings. The van der Waals surface area contributed by atoms with Gasteiger partial charge in [0, 0.05) is 12.1 Å². The highest BCUT2D eigenvalue weighted by molar-refractivity contribution is 7.17. The predicted octanol–water partition coefficient (Wildman–Crippen LogP) is 3.63. The van der Waals surface area contributed by atoms with Crippen LogP contribution in [0.1, 0.15) is 42.6 Å². The summed E-state index contributed by atoms with van der Waals surface area (Å²) in [6.45, 7) is 8.45. The molecule has 27 heavy (non-hydrogen) atoms. The lowest BCUT2D eigenvalue weighted by Gasteiger charge is -2.31. The van der Waals surface area contributed by atoms with Crippen molar-refractivity contribution < 1.29 is 14.3 Å². The maximum atomic E-state index is 12.8. The molecule has 7 heteroatoms. The summed E-state index contributed by atoms with van der Waals surface area (Å²) in [5, 5.41) is 3.86. The highest BCUT2D eigenvalue weighted by Gasteiger charge is 2.28. The fourth-order valence-electron chi connectivity index (χ4n) is 3.12. The molecule has 1 aromatic heterocycles. The Labute approximate surface area is 165 Å². The van der Waals surface area contributed by atoms with Gasteiger partial charge in [-0.05, 0) is 44.4 Å². The molecule has 0 radical (unpaired) electrons. The number of nitrogens with one attached hydrogen (secondary N) is 1. The Hall–Kier alpha value is -2.12. The summed E-state index contributed by atoms with van der Waals surface area (Å²) in [6, 6.07) is 5.60. The van der Waals surface area contributed by atoms with Crippen molar-refractivity contribution in [3.05, 3.63) is 28.8 Å². The van der Waals surface area contributed by atoms with Crippen molar-refractivity contribution in [2.75, 3.05) is 20.8 Å². The number of aromatic nitrogens is 1. The quantitative estimate of drug-likeness (QED) is 0.718. The second-order valence-electron chi connectivity index (χ2n) is 7.32. The smallest absolute Gasteiger partial charge is 0.263 e. The third-order valence-corrected chi connectivity index (χ3v) is 5.56. The van der Waals surface area contributed by atoms with E-state index in [0.29, 0.717) is 34.5 Å². The Morgan fingerprint density at radius 1 is 1.30 bits per heavy atom. The van der Waals surface area contributed by atoms with Crippen LogP contribution in [-0.2, 0) is 0 Å². The molecular formula is C20H29N3O3S. The Kier molecular flexibility index (Phi) is 6.84. The molecule has 1 aromatic carbocycles. The third-order valence-electron chi connectivity index (χ3n) is 4.36. The van der Waals surface area contributed by atoms with E-state index in [4.69, 9.17) is 15.2 Å². The van der Waals surface area contributed by atoms with Crippen molar-refractivity contribution >= 4 is 17.2 Å². The molecule has 0 aliphatic rings. The Bertz CT molecular complexity index is 804. The second kappa shape index (κ2) is 8.71. The predicted molar refractivity (Wildman–Crippen MR) is 110 cm³/mol. The van der Waals surface area contributed by atoms with E-state index < -0.39 is 5.54 Å². The van der Waals surface area contributed by atoms with Gasteiger partial charge in [0.1, 0.15) is 9.88 Å². The molecular weight excluding hydrogens is 362 g/mol. The van der Waals surface area contributed by atoms with Gasteiger partial charge in [0.2, 0.25) is 0 Å². The van der Waals surface area contributed by atoms with Crippen LogP contribution >= 0.6 is 11.3 Å². The van der Waals surface area contributed by atoms with Crippen LogP contribution in [0.4, 0.5) is 0 Å². The molecule has 0 saturated carbocycles. The van der Waals surface area contributed by atoms with E-state index in [2.05, 4.69) is 24.1 Å². The molecule has 0 saturated heterocycles. The molecule has 2 aromatic rings. The minimum Gasteiger partial charge on any atom is -0.493 e. The lowest BCUT2D eigenvalue weighted by molar-refractivity contribution is 0.0901. The number of nitrogens with two attached hydrogens (primary N) is 1. The molecule has 1 amide bonds. The molecule has 1 atom stereocenters. The molecule has 0 aliphatic heterocycles. The van der Waals surface area contributed by atoms with Crippen LogP contribution in [-0.4, -0.2) is 37.2 Å².